The molecule has 28 heavy (non-hydrogen) atoms. The average Bonchev–Trinajstić information content (AvgIpc) is 2.92. The van der Waals surface area contributed by atoms with Gasteiger partial charge in [-0.25, -0.2) is 4.39 Å². The fourth-order valence-corrected chi connectivity index (χ4v) is 4.67. The van der Waals surface area contributed by atoms with Crippen molar-refractivity contribution in [3.05, 3.63) is 35.6 Å². The van der Waals surface area contributed by atoms with E-state index in [1.165, 1.54) is 12.8 Å². The van der Waals surface area contributed by atoms with Crippen LogP contribution in [0.5, 0.6) is 0 Å². The predicted octanol–water partition coefficient (Wildman–Crippen LogP) is 3.41. The van der Waals surface area contributed by atoms with Gasteiger partial charge in [0, 0.05) is 20.1 Å². The van der Waals surface area contributed by atoms with Crippen LogP contribution in [0.3, 0.4) is 0 Å². The van der Waals surface area contributed by atoms with E-state index in [1.54, 1.807) is 12.1 Å². The number of hydrogen-bond donors (Lipinski definition) is 0. The zero-order valence-corrected chi connectivity index (χ0v) is 17.6. The fraction of sp³-hybridized carbons (Fsp3) is 0.696. The van der Waals surface area contributed by atoms with E-state index in [0.717, 1.165) is 70.4 Å². The van der Waals surface area contributed by atoms with E-state index in [4.69, 9.17) is 0 Å². The molecule has 0 bridgehead atoms. The van der Waals surface area contributed by atoms with Crippen molar-refractivity contribution >= 4 is 5.91 Å². The largest absolute Gasteiger partial charge is 0.344 e. The van der Waals surface area contributed by atoms with Crippen molar-refractivity contribution in [1.82, 2.24) is 14.7 Å². The number of hydrogen-bond acceptors (Lipinski definition) is 3. The van der Waals surface area contributed by atoms with Crippen LogP contribution in [0.4, 0.5) is 4.39 Å². The first kappa shape index (κ1) is 21.3. The second-order valence-corrected chi connectivity index (χ2v) is 8.69. The molecular formula is C23H36FN3O. The van der Waals surface area contributed by atoms with E-state index in [2.05, 4.69) is 16.8 Å². The van der Waals surface area contributed by atoms with Crippen LogP contribution in [0.1, 0.15) is 44.1 Å². The number of halogens is 1. The number of rotatable bonds is 6. The molecular weight excluding hydrogens is 353 g/mol. The molecule has 2 fully saturated rings. The Hall–Kier alpha value is -1.46. The number of likely N-dealkylation sites (N-methyl/N-ethyl adjacent to an activating group) is 2. The standard InChI is InChI=1S/C23H36FN3O/c1-25-14-7-3-4-10-22(25)23(28)26(2)18-19-11-15-27(16-12-19)17-13-20-8-5-6-9-21(20)24/h5-6,8-9,19,22H,3-4,7,10-18H2,1-2H3. The Kier molecular flexibility index (Phi) is 7.86. The first-order valence-electron chi connectivity index (χ1n) is 11.0. The molecule has 4 nitrogen and oxygen atoms in total. The van der Waals surface area contributed by atoms with Gasteiger partial charge >= 0.3 is 0 Å². The summed E-state index contributed by atoms with van der Waals surface area (Å²) in [6.45, 7) is 4.90. The molecule has 1 unspecified atom stereocenters. The molecule has 1 aromatic carbocycles. The number of likely N-dealkylation sites (tertiary alicyclic amines) is 2. The van der Waals surface area contributed by atoms with E-state index in [9.17, 15) is 9.18 Å². The predicted molar refractivity (Wildman–Crippen MR) is 112 cm³/mol. The first-order chi connectivity index (χ1) is 13.5. The molecule has 2 saturated heterocycles. The minimum Gasteiger partial charge on any atom is -0.344 e. The molecule has 156 valence electrons. The summed E-state index contributed by atoms with van der Waals surface area (Å²) < 4.78 is 13.8. The highest BCUT2D eigenvalue weighted by Gasteiger charge is 2.29. The van der Waals surface area contributed by atoms with Crippen molar-refractivity contribution in [1.29, 1.82) is 0 Å². The summed E-state index contributed by atoms with van der Waals surface area (Å²) in [5, 5.41) is 0. The van der Waals surface area contributed by atoms with E-state index >= 15 is 0 Å². The van der Waals surface area contributed by atoms with Gasteiger partial charge in [0.25, 0.3) is 0 Å². The highest BCUT2D eigenvalue weighted by Crippen LogP contribution is 2.21. The van der Waals surface area contributed by atoms with E-state index in [0.29, 0.717) is 11.8 Å². The Bertz CT molecular complexity index is 630. The van der Waals surface area contributed by atoms with E-state index in [1.807, 2.05) is 24.1 Å². The molecule has 2 heterocycles. The molecule has 0 saturated carbocycles. The van der Waals surface area contributed by atoms with Gasteiger partial charge in [0.05, 0.1) is 6.04 Å². The van der Waals surface area contributed by atoms with E-state index in [-0.39, 0.29) is 11.9 Å². The van der Waals surface area contributed by atoms with Crippen molar-refractivity contribution in [2.24, 2.45) is 5.92 Å². The maximum atomic E-state index is 13.8. The molecule has 1 aromatic rings. The number of amides is 1. The lowest BCUT2D eigenvalue weighted by atomic mass is 9.95. The van der Waals surface area contributed by atoms with Gasteiger partial charge in [0.1, 0.15) is 5.82 Å². The quantitative estimate of drug-likeness (QED) is 0.746. The molecule has 0 spiro atoms. The van der Waals surface area contributed by atoms with Crippen LogP contribution in [0.15, 0.2) is 24.3 Å². The minimum absolute atomic E-state index is 0.0633. The van der Waals surface area contributed by atoms with Gasteiger partial charge in [0.15, 0.2) is 0 Å². The number of carbonyl (C=O) groups excluding carboxylic acids is 1. The van der Waals surface area contributed by atoms with Gasteiger partial charge in [-0.15, -0.1) is 0 Å². The van der Waals surface area contributed by atoms with Crippen molar-refractivity contribution < 1.29 is 9.18 Å². The molecule has 5 heteroatoms. The lowest BCUT2D eigenvalue weighted by Gasteiger charge is -2.35. The molecule has 0 aliphatic carbocycles. The van der Waals surface area contributed by atoms with Crippen molar-refractivity contribution in [3.8, 4) is 0 Å². The van der Waals surface area contributed by atoms with Gasteiger partial charge in [-0.05, 0) is 76.3 Å². The normalized spacial score (nSPS) is 22.8. The maximum Gasteiger partial charge on any atom is 0.239 e. The zero-order valence-electron chi connectivity index (χ0n) is 17.6. The molecule has 1 atom stereocenters. The Morgan fingerprint density at radius 1 is 1.11 bits per heavy atom. The molecule has 3 rings (SSSR count). The summed E-state index contributed by atoms with van der Waals surface area (Å²) in [7, 11) is 4.07. The summed E-state index contributed by atoms with van der Waals surface area (Å²) in [6, 6.07) is 7.14. The summed E-state index contributed by atoms with van der Waals surface area (Å²) in [5.41, 5.74) is 0.808. The topological polar surface area (TPSA) is 26.8 Å². The van der Waals surface area contributed by atoms with Crippen molar-refractivity contribution in [3.63, 3.8) is 0 Å². The number of piperidine rings is 1. The third-order valence-electron chi connectivity index (χ3n) is 6.58. The highest BCUT2D eigenvalue weighted by molar-refractivity contribution is 5.81. The second-order valence-electron chi connectivity index (χ2n) is 8.69. The Morgan fingerprint density at radius 3 is 2.61 bits per heavy atom. The van der Waals surface area contributed by atoms with Gasteiger partial charge in [-0.2, -0.15) is 0 Å². The second kappa shape index (κ2) is 10.4. The maximum absolute atomic E-state index is 13.8. The molecule has 0 radical (unpaired) electrons. The fourth-order valence-electron chi connectivity index (χ4n) is 4.67. The number of nitrogens with zero attached hydrogens (tertiary/aromatic N) is 3. The molecule has 2 aliphatic rings. The van der Waals surface area contributed by atoms with Gasteiger partial charge < -0.3 is 9.80 Å². The van der Waals surface area contributed by atoms with Crippen LogP contribution in [0.25, 0.3) is 0 Å². The van der Waals surface area contributed by atoms with Crippen LogP contribution < -0.4 is 0 Å². The lowest BCUT2D eigenvalue weighted by Crippen LogP contribution is -2.47. The van der Waals surface area contributed by atoms with Crippen LogP contribution in [0, 0.1) is 11.7 Å². The first-order valence-corrected chi connectivity index (χ1v) is 11.0. The van der Waals surface area contributed by atoms with Crippen LogP contribution in [-0.4, -0.2) is 73.5 Å². The van der Waals surface area contributed by atoms with Gasteiger partial charge in [-0.1, -0.05) is 31.0 Å². The molecule has 0 aromatic heterocycles. The highest BCUT2D eigenvalue weighted by atomic mass is 19.1. The van der Waals surface area contributed by atoms with Gasteiger partial charge in [0.2, 0.25) is 5.91 Å². The zero-order chi connectivity index (χ0) is 19.9. The Morgan fingerprint density at radius 2 is 1.86 bits per heavy atom. The number of carbonyl (C=O) groups is 1. The third kappa shape index (κ3) is 5.77. The summed E-state index contributed by atoms with van der Waals surface area (Å²) >= 11 is 0. The van der Waals surface area contributed by atoms with Crippen molar-refractivity contribution in [2.45, 2.75) is 51.0 Å². The van der Waals surface area contributed by atoms with E-state index < -0.39 is 0 Å². The average molecular weight is 390 g/mol. The Labute approximate surface area is 169 Å². The monoisotopic (exact) mass is 389 g/mol. The third-order valence-corrected chi connectivity index (χ3v) is 6.58. The summed E-state index contributed by atoms with van der Waals surface area (Å²) in [4.78, 5) is 19.6. The molecule has 1 amide bonds. The smallest absolute Gasteiger partial charge is 0.239 e. The Balaban J connectivity index is 1.41. The van der Waals surface area contributed by atoms with Crippen molar-refractivity contribution in [2.75, 3.05) is 46.8 Å². The lowest BCUT2D eigenvalue weighted by molar-refractivity contribution is -0.136. The number of benzene rings is 1. The SMILES string of the molecule is CN(CC1CCN(CCc2ccccc2F)CC1)C(=O)C1CCCCCN1C. The summed E-state index contributed by atoms with van der Waals surface area (Å²) in [6.07, 6.45) is 7.61. The van der Waals surface area contributed by atoms with Crippen LogP contribution in [0.2, 0.25) is 0 Å². The minimum atomic E-state index is -0.0963. The van der Waals surface area contributed by atoms with Gasteiger partial charge in [-0.3, -0.25) is 9.69 Å². The van der Waals surface area contributed by atoms with Crippen LogP contribution in [-0.2, 0) is 11.2 Å². The molecule has 0 N–H and O–H groups in total. The molecule has 2 aliphatic heterocycles. The summed E-state index contributed by atoms with van der Waals surface area (Å²) in [5.74, 6) is 0.780. The van der Waals surface area contributed by atoms with Crippen LogP contribution >= 0.6 is 0 Å².